The Labute approximate surface area is 96.1 Å². The van der Waals surface area contributed by atoms with E-state index in [9.17, 15) is 5.11 Å². The molecule has 0 aliphatic heterocycles. The van der Waals surface area contributed by atoms with E-state index in [1.807, 2.05) is 13.0 Å². The molecule has 0 aromatic heterocycles. The summed E-state index contributed by atoms with van der Waals surface area (Å²) in [4.78, 5) is 0. The lowest BCUT2D eigenvalue weighted by Crippen LogP contribution is -2.13. The number of hydrogen-bond donors (Lipinski definition) is 1. The van der Waals surface area contributed by atoms with Crippen LogP contribution in [0, 0.1) is 13.8 Å². The third-order valence-electron chi connectivity index (χ3n) is 3.56. The van der Waals surface area contributed by atoms with Crippen LogP contribution in [0.3, 0.4) is 0 Å². The number of hydrogen-bond acceptors (Lipinski definition) is 1. The van der Waals surface area contributed by atoms with E-state index in [1.54, 1.807) is 0 Å². The summed E-state index contributed by atoms with van der Waals surface area (Å²) in [6.07, 6.45) is 0.416. The maximum atomic E-state index is 10.1. The SMILES string of the molecule is Cc1cc(Cl)c2c(c1C)[C@H](O)CC2(C)C. The van der Waals surface area contributed by atoms with Gasteiger partial charge < -0.3 is 5.11 Å². The van der Waals surface area contributed by atoms with Gasteiger partial charge in [-0.2, -0.15) is 0 Å². The summed E-state index contributed by atoms with van der Waals surface area (Å²) < 4.78 is 0. The van der Waals surface area contributed by atoms with Crippen molar-refractivity contribution in [2.45, 2.75) is 45.6 Å². The molecule has 1 nitrogen and oxygen atoms in total. The van der Waals surface area contributed by atoms with Crippen LogP contribution in [0.5, 0.6) is 0 Å². The van der Waals surface area contributed by atoms with E-state index in [0.717, 1.165) is 28.1 Å². The van der Waals surface area contributed by atoms with Gasteiger partial charge in [-0.3, -0.25) is 0 Å². The number of halogens is 1. The second-order valence-corrected chi connectivity index (χ2v) is 5.60. The zero-order valence-electron chi connectivity index (χ0n) is 9.69. The Morgan fingerprint density at radius 2 is 2.00 bits per heavy atom. The second-order valence-electron chi connectivity index (χ2n) is 5.19. The number of aryl methyl sites for hydroxylation is 1. The van der Waals surface area contributed by atoms with Crippen LogP contribution in [0.25, 0.3) is 0 Å². The highest BCUT2D eigenvalue weighted by Gasteiger charge is 2.39. The van der Waals surface area contributed by atoms with Crippen molar-refractivity contribution in [3.05, 3.63) is 33.3 Å². The van der Waals surface area contributed by atoms with Crippen molar-refractivity contribution in [3.63, 3.8) is 0 Å². The van der Waals surface area contributed by atoms with E-state index in [0.29, 0.717) is 0 Å². The van der Waals surface area contributed by atoms with Crippen LogP contribution in [0.15, 0.2) is 6.07 Å². The summed E-state index contributed by atoms with van der Waals surface area (Å²) in [7, 11) is 0. The molecule has 0 bridgehead atoms. The van der Waals surface area contributed by atoms with Crippen LogP contribution in [0.2, 0.25) is 5.02 Å². The third-order valence-corrected chi connectivity index (χ3v) is 3.86. The zero-order chi connectivity index (χ0) is 11.4. The zero-order valence-corrected chi connectivity index (χ0v) is 10.4. The van der Waals surface area contributed by atoms with Crippen LogP contribution in [0.4, 0.5) is 0 Å². The second kappa shape index (κ2) is 3.23. The van der Waals surface area contributed by atoms with E-state index in [4.69, 9.17) is 11.6 Å². The van der Waals surface area contributed by atoms with E-state index in [1.165, 1.54) is 5.56 Å². The van der Waals surface area contributed by atoms with Gasteiger partial charge in [0.1, 0.15) is 0 Å². The summed E-state index contributed by atoms with van der Waals surface area (Å²) in [6.45, 7) is 8.39. The minimum atomic E-state index is -0.354. The highest BCUT2D eigenvalue weighted by molar-refractivity contribution is 6.31. The summed E-state index contributed by atoms with van der Waals surface area (Å²) in [6, 6.07) is 2.01. The first kappa shape index (κ1) is 11.0. The first-order valence-electron chi connectivity index (χ1n) is 5.33. The molecular weight excluding hydrogens is 208 g/mol. The predicted octanol–water partition coefficient (Wildman–Crippen LogP) is 3.67. The molecule has 1 aromatic rings. The summed E-state index contributed by atoms with van der Waals surface area (Å²) >= 11 is 6.29. The minimum Gasteiger partial charge on any atom is -0.388 e. The number of rotatable bonds is 0. The monoisotopic (exact) mass is 224 g/mol. The van der Waals surface area contributed by atoms with Gasteiger partial charge in [-0.25, -0.2) is 0 Å². The van der Waals surface area contributed by atoms with E-state index < -0.39 is 0 Å². The number of aliphatic hydroxyl groups is 1. The van der Waals surface area contributed by atoms with Crippen molar-refractivity contribution in [3.8, 4) is 0 Å². The Morgan fingerprint density at radius 3 is 2.60 bits per heavy atom. The topological polar surface area (TPSA) is 20.2 Å². The maximum absolute atomic E-state index is 10.1. The Kier molecular flexibility index (Phi) is 2.36. The Balaban J connectivity index is 2.78. The van der Waals surface area contributed by atoms with Crippen LogP contribution in [-0.2, 0) is 5.41 Å². The van der Waals surface area contributed by atoms with Gasteiger partial charge in [-0.1, -0.05) is 25.4 Å². The molecule has 2 rings (SSSR count). The van der Waals surface area contributed by atoms with Gasteiger partial charge in [0.25, 0.3) is 0 Å². The number of aliphatic hydroxyl groups excluding tert-OH is 1. The van der Waals surface area contributed by atoms with Gasteiger partial charge in [0.05, 0.1) is 6.10 Å². The fourth-order valence-electron chi connectivity index (χ4n) is 2.69. The molecule has 1 aromatic carbocycles. The van der Waals surface area contributed by atoms with Crippen molar-refractivity contribution in [2.24, 2.45) is 0 Å². The lowest BCUT2D eigenvalue weighted by Gasteiger charge is -2.21. The Hall–Kier alpha value is -0.530. The maximum Gasteiger partial charge on any atom is 0.0804 e. The van der Waals surface area contributed by atoms with Crippen molar-refractivity contribution >= 4 is 11.6 Å². The molecule has 0 heterocycles. The van der Waals surface area contributed by atoms with Crippen LogP contribution >= 0.6 is 11.6 Å². The normalized spacial score (nSPS) is 22.9. The van der Waals surface area contributed by atoms with E-state index in [2.05, 4.69) is 20.8 Å². The van der Waals surface area contributed by atoms with Crippen molar-refractivity contribution in [1.82, 2.24) is 0 Å². The molecule has 1 aliphatic carbocycles. The first-order chi connectivity index (χ1) is 6.84. The van der Waals surface area contributed by atoms with Crippen molar-refractivity contribution in [2.75, 3.05) is 0 Å². The predicted molar refractivity (Wildman–Crippen MR) is 63.5 cm³/mol. The summed E-state index contributed by atoms with van der Waals surface area (Å²) in [5, 5.41) is 10.9. The van der Waals surface area contributed by atoms with Crippen molar-refractivity contribution < 1.29 is 5.11 Å². The molecule has 0 saturated heterocycles. The lowest BCUT2D eigenvalue weighted by molar-refractivity contribution is 0.161. The van der Waals surface area contributed by atoms with Gasteiger partial charge in [0, 0.05) is 5.02 Å². The summed E-state index contributed by atoms with van der Waals surface area (Å²) in [5.41, 5.74) is 4.54. The standard InChI is InChI=1S/C13H17ClO/c1-7-5-9(14)12-11(8(7)2)10(15)6-13(12,3)4/h5,10,15H,6H2,1-4H3/t10-/m1/s1. The average Bonchev–Trinajstić information content (AvgIpc) is 2.32. The molecule has 1 N–H and O–H groups in total. The fourth-order valence-corrected chi connectivity index (χ4v) is 3.21. The molecule has 0 fully saturated rings. The Bertz CT molecular complexity index is 421. The number of benzene rings is 1. The number of fused-ring (bicyclic) bond motifs is 1. The largest absolute Gasteiger partial charge is 0.388 e. The van der Waals surface area contributed by atoms with Crippen molar-refractivity contribution in [1.29, 1.82) is 0 Å². The molecule has 0 unspecified atom stereocenters. The quantitative estimate of drug-likeness (QED) is 0.713. The smallest absolute Gasteiger partial charge is 0.0804 e. The van der Waals surface area contributed by atoms with Crippen LogP contribution in [-0.4, -0.2) is 5.11 Å². The highest BCUT2D eigenvalue weighted by atomic mass is 35.5. The summed E-state index contributed by atoms with van der Waals surface area (Å²) in [5.74, 6) is 0. The van der Waals surface area contributed by atoms with Gasteiger partial charge >= 0.3 is 0 Å². The van der Waals surface area contributed by atoms with Gasteiger partial charge in [-0.05, 0) is 54.0 Å². The molecule has 2 heteroatoms. The van der Waals surface area contributed by atoms with Gasteiger partial charge in [0.2, 0.25) is 0 Å². The lowest BCUT2D eigenvalue weighted by atomic mass is 9.85. The molecule has 1 aliphatic rings. The molecular formula is C13H17ClO. The molecule has 15 heavy (non-hydrogen) atoms. The average molecular weight is 225 g/mol. The minimum absolute atomic E-state index is 0.00963. The first-order valence-corrected chi connectivity index (χ1v) is 5.70. The van der Waals surface area contributed by atoms with Gasteiger partial charge in [-0.15, -0.1) is 0 Å². The molecule has 0 radical (unpaired) electrons. The molecule has 82 valence electrons. The van der Waals surface area contributed by atoms with Gasteiger partial charge in [0.15, 0.2) is 0 Å². The molecule has 0 saturated carbocycles. The van der Waals surface area contributed by atoms with Crippen LogP contribution in [0.1, 0.15) is 48.6 Å². The van der Waals surface area contributed by atoms with Crippen LogP contribution < -0.4 is 0 Å². The molecule has 0 spiro atoms. The third kappa shape index (κ3) is 1.49. The molecule has 0 amide bonds. The highest BCUT2D eigenvalue weighted by Crippen LogP contribution is 2.49. The molecule has 1 atom stereocenters. The Morgan fingerprint density at radius 1 is 1.40 bits per heavy atom. The van der Waals surface area contributed by atoms with E-state index >= 15 is 0 Å². The fraction of sp³-hybridized carbons (Fsp3) is 0.538. The van der Waals surface area contributed by atoms with E-state index in [-0.39, 0.29) is 11.5 Å².